The average Bonchev–Trinajstić information content (AvgIpc) is 3.40. The van der Waals surface area contributed by atoms with Gasteiger partial charge in [0.15, 0.2) is 0 Å². The Morgan fingerprint density at radius 2 is 1.06 bits per heavy atom. The average molecular weight is 1180 g/mol. The number of methoxy groups -OCH3 is 1. The lowest BCUT2D eigenvalue weighted by atomic mass is 9.94. The highest BCUT2D eigenvalue weighted by molar-refractivity contribution is 5.97. The highest BCUT2D eigenvalue weighted by Crippen LogP contribution is 2.24. The van der Waals surface area contributed by atoms with Crippen LogP contribution >= 0.6 is 0 Å². The van der Waals surface area contributed by atoms with Gasteiger partial charge in [-0.3, -0.25) is 48.7 Å². The number of nitrogens with one attached hydrogen (secondary N) is 4. The number of hydrogen-bond donors (Lipinski definition) is 5. The van der Waals surface area contributed by atoms with Crippen molar-refractivity contribution in [2.45, 2.75) is 210 Å². The van der Waals surface area contributed by atoms with E-state index in [1.54, 1.807) is 27.9 Å². The Bertz CT molecular complexity index is 2090. The zero-order chi connectivity index (χ0) is 64.1. The SMILES string of the molecule is COCCN(C)CC[C@@H](C)CC1C(=O)NC([C@@H](C)O)C(=O)N(C)CC(=O)N(C)[C@@H](CC(C)C)C(=O)N[C@H](CC(C)C)N(C)[C@H](CC(C)C)NC(C)C(=O)OC(=O)N(C)[C@H](CC(C)C)C(=O)N[C@H](CC(C)C)C(=O)N(C)C(C(C)C)C(=O)N1C. The number of aliphatic hydroxyl groups is 1. The molecule has 1 aliphatic rings. The van der Waals surface area contributed by atoms with Gasteiger partial charge in [-0.2, -0.15) is 0 Å². The lowest BCUT2D eigenvalue weighted by molar-refractivity contribution is -0.152. The highest BCUT2D eigenvalue weighted by atomic mass is 16.6. The van der Waals surface area contributed by atoms with Crippen molar-refractivity contribution in [3.8, 4) is 0 Å². The van der Waals surface area contributed by atoms with Gasteiger partial charge in [0.25, 0.3) is 0 Å². The van der Waals surface area contributed by atoms with Crippen LogP contribution in [0, 0.1) is 41.4 Å². The van der Waals surface area contributed by atoms with Gasteiger partial charge in [-0.1, -0.05) is 90.0 Å². The molecule has 0 aliphatic carbocycles. The third-order valence-corrected chi connectivity index (χ3v) is 15.5. The molecule has 1 aliphatic heterocycles. The Hall–Kier alpha value is -4.97. The largest absolute Gasteiger partial charge is 0.417 e. The third-order valence-electron chi connectivity index (χ3n) is 15.5. The second-order valence-corrected chi connectivity index (χ2v) is 26.1. The van der Waals surface area contributed by atoms with Gasteiger partial charge >= 0.3 is 12.1 Å². The summed E-state index contributed by atoms with van der Waals surface area (Å²) >= 11 is 0. The first kappa shape index (κ1) is 76.0. The molecule has 1 heterocycles. The van der Waals surface area contributed by atoms with Gasteiger partial charge in [-0.15, -0.1) is 0 Å². The summed E-state index contributed by atoms with van der Waals surface area (Å²) in [5.41, 5.74) is 0. The normalized spacial score (nSPS) is 26.0. The van der Waals surface area contributed by atoms with Crippen LogP contribution in [0.2, 0.25) is 0 Å². The molecule has 11 atom stereocenters. The molecule has 83 heavy (non-hydrogen) atoms. The van der Waals surface area contributed by atoms with Crippen molar-refractivity contribution < 1.29 is 57.7 Å². The van der Waals surface area contributed by atoms with Crippen LogP contribution in [0.5, 0.6) is 0 Å². The maximum absolute atomic E-state index is 15.1. The summed E-state index contributed by atoms with van der Waals surface area (Å²) in [5, 5.41) is 23.4. The fourth-order valence-corrected chi connectivity index (χ4v) is 10.3. The van der Waals surface area contributed by atoms with Crippen LogP contribution < -0.4 is 21.3 Å². The summed E-state index contributed by atoms with van der Waals surface area (Å²) in [6, 6.07) is -8.45. The van der Waals surface area contributed by atoms with E-state index in [2.05, 4.69) is 26.2 Å². The van der Waals surface area contributed by atoms with Crippen LogP contribution in [0.1, 0.15) is 149 Å². The molecule has 0 bridgehead atoms. The van der Waals surface area contributed by atoms with E-state index in [1.807, 2.05) is 95.2 Å². The number of ether oxygens (including phenoxy) is 2. The predicted molar refractivity (Wildman–Crippen MR) is 322 cm³/mol. The Labute approximate surface area is 498 Å². The Balaban J connectivity index is 4.27. The van der Waals surface area contributed by atoms with E-state index in [4.69, 9.17) is 9.47 Å². The van der Waals surface area contributed by atoms with E-state index in [0.717, 1.165) is 9.80 Å². The van der Waals surface area contributed by atoms with E-state index < -0.39 is 127 Å². The molecular formula is C60H113N11O12. The Kier molecular flexibility index (Phi) is 33.1. The molecule has 0 aromatic heterocycles. The molecule has 0 radical (unpaired) electrons. The molecule has 0 aromatic carbocycles. The number of esters is 1. The monoisotopic (exact) mass is 1180 g/mol. The number of nitrogens with zero attached hydrogens (tertiary/aromatic N) is 7. The van der Waals surface area contributed by atoms with Crippen molar-refractivity contribution in [2.24, 2.45) is 41.4 Å². The van der Waals surface area contributed by atoms with E-state index in [0.29, 0.717) is 39.0 Å². The van der Waals surface area contributed by atoms with Crippen LogP contribution in [-0.2, 0) is 47.8 Å². The van der Waals surface area contributed by atoms with Crippen LogP contribution in [0.4, 0.5) is 4.79 Å². The van der Waals surface area contributed by atoms with Gasteiger partial charge in [0.05, 0.1) is 31.6 Å². The molecule has 5 N–H and O–H groups in total. The molecule has 480 valence electrons. The van der Waals surface area contributed by atoms with Gasteiger partial charge in [0.1, 0.15) is 42.3 Å². The minimum absolute atomic E-state index is 0.0611. The van der Waals surface area contributed by atoms with Gasteiger partial charge in [0, 0.05) is 48.9 Å². The van der Waals surface area contributed by atoms with Crippen LogP contribution in [0.25, 0.3) is 0 Å². The van der Waals surface area contributed by atoms with Crippen molar-refractivity contribution in [1.82, 2.24) is 55.6 Å². The van der Waals surface area contributed by atoms with E-state index in [9.17, 15) is 43.5 Å². The number of cyclic esters (lactones) is 2. The highest BCUT2D eigenvalue weighted by Gasteiger charge is 2.43. The number of likely N-dealkylation sites (N-methyl/N-ethyl adjacent to an activating group) is 6. The van der Waals surface area contributed by atoms with Gasteiger partial charge in [-0.25, -0.2) is 9.59 Å². The molecule has 0 aromatic rings. The minimum atomic E-state index is -1.58. The fourth-order valence-electron chi connectivity index (χ4n) is 10.3. The molecule has 1 saturated heterocycles. The van der Waals surface area contributed by atoms with Crippen molar-refractivity contribution in [2.75, 3.05) is 82.7 Å². The molecule has 23 heteroatoms. The number of aliphatic hydroxyl groups excluding tert-OH is 1. The summed E-state index contributed by atoms with van der Waals surface area (Å²) in [5.74, 6) is -6.30. The molecule has 0 saturated carbocycles. The molecule has 23 nitrogen and oxygen atoms in total. The smallest absolute Gasteiger partial charge is 0.391 e. The summed E-state index contributed by atoms with van der Waals surface area (Å²) in [4.78, 5) is 141. The second-order valence-electron chi connectivity index (χ2n) is 26.1. The number of hydrogen-bond acceptors (Lipinski definition) is 15. The van der Waals surface area contributed by atoms with Crippen LogP contribution in [0.3, 0.4) is 0 Å². The maximum Gasteiger partial charge on any atom is 0.417 e. The molecular weight excluding hydrogens is 1070 g/mol. The zero-order valence-corrected chi connectivity index (χ0v) is 55.2. The minimum Gasteiger partial charge on any atom is -0.391 e. The third kappa shape index (κ3) is 24.9. The Morgan fingerprint density at radius 3 is 1.55 bits per heavy atom. The second kappa shape index (κ2) is 36.1. The maximum atomic E-state index is 15.1. The predicted octanol–water partition coefficient (Wildman–Crippen LogP) is 3.81. The topological polar surface area (TPSA) is 263 Å². The lowest BCUT2D eigenvalue weighted by Gasteiger charge is -2.40. The first-order chi connectivity index (χ1) is 38.4. The van der Waals surface area contributed by atoms with Crippen molar-refractivity contribution in [1.29, 1.82) is 0 Å². The van der Waals surface area contributed by atoms with E-state index in [-0.39, 0.29) is 61.2 Å². The van der Waals surface area contributed by atoms with E-state index in [1.165, 1.54) is 56.9 Å². The van der Waals surface area contributed by atoms with Crippen molar-refractivity contribution in [3.63, 3.8) is 0 Å². The quantitative estimate of drug-likeness (QED) is 0.0858. The van der Waals surface area contributed by atoms with Gasteiger partial charge in [-0.05, 0) is 121 Å². The first-order valence-electron chi connectivity index (χ1n) is 30.1. The Morgan fingerprint density at radius 1 is 0.578 bits per heavy atom. The number of amides is 8. The number of rotatable bonds is 20. The van der Waals surface area contributed by atoms with Crippen molar-refractivity contribution >= 4 is 53.4 Å². The van der Waals surface area contributed by atoms with Crippen molar-refractivity contribution in [3.05, 3.63) is 0 Å². The molecule has 1 rings (SSSR count). The van der Waals surface area contributed by atoms with Crippen LogP contribution in [0.15, 0.2) is 0 Å². The standard InChI is InChI=1S/C60H113N11O12/c1-35(2)28-44-56(77)71(22)52(40(11)12)58(79)68(19)47(33-41(13)24-25-65(16)26-27-82-23)55(76)64-51(43(15)72)57(78)66(17)34-50(73)67(18)45(29-36(3)4)54(75)63-49(32-39(9)10)70(21)48(31-38(7)8)61-42(14)59(80)83-60(81)69(20)46(30-37(5)6)53(74)62-44/h35-49,51-52,61,72H,24-34H2,1-23H3,(H,62,74)(H,63,75)(H,64,76)/t41-,42?,43-,44-,45+,46-,47?,48-,49+,51?,52?/m1/s1. The summed E-state index contributed by atoms with van der Waals surface area (Å²) in [6.07, 6.45) is -1.55. The molecule has 4 unspecified atom stereocenters. The summed E-state index contributed by atoms with van der Waals surface area (Å²) < 4.78 is 10.7. The fraction of sp³-hybridized carbons (Fsp3) is 0.850. The number of carbonyl (C=O) groups is 9. The van der Waals surface area contributed by atoms with E-state index >= 15 is 4.79 Å². The zero-order valence-electron chi connectivity index (χ0n) is 55.2. The van der Waals surface area contributed by atoms with Gasteiger partial charge < -0.3 is 55.0 Å². The number of carbonyl (C=O) groups excluding carboxylic acids is 9. The van der Waals surface area contributed by atoms with Gasteiger partial charge in [0.2, 0.25) is 41.4 Å². The molecule has 0 spiro atoms. The molecule has 8 amide bonds. The summed E-state index contributed by atoms with van der Waals surface area (Å²) in [6.45, 7) is 29.0. The molecule has 1 fully saturated rings. The lowest BCUT2D eigenvalue weighted by Crippen LogP contribution is -2.62. The van der Waals surface area contributed by atoms with Crippen LogP contribution in [-0.4, -0.2) is 236 Å². The first-order valence-corrected chi connectivity index (χ1v) is 30.1. The summed E-state index contributed by atoms with van der Waals surface area (Å²) in [7, 11) is 12.5.